The molecular formula is C36H46BrN3O7. The topological polar surface area (TPSA) is 125 Å². The molecule has 5 aliphatic rings. The highest BCUT2D eigenvalue weighted by Gasteiger charge is 2.75. The maximum absolute atomic E-state index is 15.1. The average Bonchev–Trinajstić information content (AvgIpc) is 3.66. The number of carbonyl (C=O) groups excluding carboxylic acids is 4. The zero-order chi connectivity index (χ0) is 33.3. The van der Waals surface area contributed by atoms with Crippen LogP contribution >= 0.6 is 15.9 Å². The quantitative estimate of drug-likeness (QED) is 0.335. The average molecular weight is 713 g/mol. The highest BCUT2D eigenvalue weighted by atomic mass is 79.9. The molecule has 1 saturated carbocycles. The molecule has 1 spiro atoms. The van der Waals surface area contributed by atoms with Crippen LogP contribution in [0.5, 0.6) is 0 Å². The van der Waals surface area contributed by atoms with Gasteiger partial charge < -0.3 is 29.7 Å². The Hall–Kier alpha value is -3.02. The molecule has 0 aromatic heterocycles. The standard InChI is InChI=1S/C36H46BrN3O7/c1-22(2)18-25(21-41)40-32-34(44)39(24-14-8-4-9-15-24)17-11-5-10-16-28(42)38-20-27(23-12-6-3-7-13-23)46-35(45)29-30(33(40)43)36(32)19-26(37)31(29)47-36/h3,5-7,11-13,19,22,24-25,27,29-32,41H,4,8-10,14-18,20-21H2,1-2H3,(H,38,42)/b11-5-/t25-,27-,29-,30+,31-,32-,36+/m1/s1. The van der Waals surface area contributed by atoms with Crippen molar-refractivity contribution in [2.75, 3.05) is 19.7 Å². The van der Waals surface area contributed by atoms with Crippen LogP contribution in [0.3, 0.4) is 0 Å². The fourth-order valence-corrected chi connectivity index (χ4v) is 9.05. The Balaban J connectivity index is 1.46. The van der Waals surface area contributed by atoms with E-state index in [9.17, 15) is 19.5 Å². The van der Waals surface area contributed by atoms with E-state index in [0.29, 0.717) is 29.4 Å². The molecule has 1 aliphatic carbocycles. The van der Waals surface area contributed by atoms with Crippen LogP contribution in [0.1, 0.15) is 76.9 Å². The Labute approximate surface area is 285 Å². The summed E-state index contributed by atoms with van der Waals surface area (Å²) in [6.45, 7) is 4.11. The number of hydrogen-bond donors (Lipinski definition) is 2. The Bertz CT molecular complexity index is 1410. The van der Waals surface area contributed by atoms with Crippen molar-refractivity contribution >= 4 is 39.6 Å². The normalized spacial score (nSPS) is 33.5. The fraction of sp³-hybridized carbons (Fsp3) is 0.611. The third-order valence-corrected chi connectivity index (χ3v) is 11.1. The highest BCUT2D eigenvalue weighted by molar-refractivity contribution is 9.11. The molecule has 11 heteroatoms. The van der Waals surface area contributed by atoms with Gasteiger partial charge in [-0.1, -0.05) is 91.5 Å². The minimum atomic E-state index is -1.41. The van der Waals surface area contributed by atoms with E-state index in [-0.39, 0.29) is 49.3 Å². The second-order valence-corrected chi connectivity index (χ2v) is 14.9. The second kappa shape index (κ2) is 14.2. The summed E-state index contributed by atoms with van der Waals surface area (Å²) in [6, 6.07) is 7.48. The zero-order valence-corrected chi connectivity index (χ0v) is 28.8. The number of nitrogens with zero attached hydrogens (tertiary/aromatic N) is 2. The summed E-state index contributed by atoms with van der Waals surface area (Å²) >= 11 is 3.63. The van der Waals surface area contributed by atoms with Crippen LogP contribution in [0.2, 0.25) is 0 Å². The van der Waals surface area contributed by atoms with Gasteiger partial charge in [0.25, 0.3) is 0 Å². The van der Waals surface area contributed by atoms with Gasteiger partial charge in [-0.25, -0.2) is 0 Å². The van der Waals surface area contributed by atoms with Gasteiger partial charge in [0, 0.05) is 23.5 Å². The Morgan fingerprint density at radius 1 is 1.04 bits per heavy atom. The van der Waals surface area contributed by atoms with Gasteiger partial charge in [-0.3, -0.25) is 19.2 Å². The van der Waals surface area contributed by atoms with Crippen molar-refractivity contribution in [2.45, 2.75) is 101 Å². The van der Waals surface area contributed by atoms with E-state index >= 15 is 4.79 Å². The largest absolute Gasteiger partial charge is 0.455 e. The maximum atomic E-state index is 15.1. The number of halogens is 1. The highest BCUT2D eigenvalue weighted by Crippen LogP contribution is 2.59. The van der Waals surface area contributed by atoms with E-state index in [4.69, 9.17) is 9.47 Å². The summed E-state index contributed by atoms with van der Waals surface area (Å²) in [7, 11) is 0. The predicted molar refractivity (Wildman–Crippen MR) is 178 cm³/mol. The first-order valence-electron chi connectivity index (χ1n) is 17.1. The number of cyclic esters (lactones) is 1. The van der Waals surface area contributed by atoms with Gasteiger partial charge in [-0.15, -0.1) is 0 Å². The van der Waals surface area contributed by atoms with Crippen LogP contribution in [0.25, 0.3) is 0 Å². The second-order valence-electron chi connectivity index (χ2n) is 14.0. The maximum Gasteiger partial charge on any atom is 0.313 e. The first-order chi connectivity index (χ1) is 22.7. The number of allylic oxidation sites excluding steroid dienone is 1. The number of benzene rings is 1. The number of fused-ring (bicyclic) bond motifs is 2. The van der Waals surface area contributed by atoms with Crippen molar-refractivity contribution in [2.24, 2.45) is 17.8 Å². The van der Waals surface area contributed by atoms with Gasteiger partial charge in [0.1, 0.15) is 29.8 Å². The summed E-state index contributed by atoms with van der Waals surface area (Å²) in [5.41, 5.74) is -0.701. The van der Waals surface area contributed by atoms with E-state index in [1.54, 1.807) is 4.90 Å². The fourth-order valence-electron chi connectivity index (χ4n) is 8.32. The lowest BCUT2D eigenvalue weighted by molar-refractivity contribution is -0.161. The Morgan fingerprint density at radius 2 is 1.79 bits per heavy atom. The minimum absolute atomic E-state index is 0.0187. The number of amides is 3. The summed E-state index contributed by atoms with van der Waals surface area (Å²) in [5, 5.41) is 13.6. The smallest absolute Gasteiger partial charge is 0.313 e. The molecule has 4 heterocycles. The summed E-state index contributed by atoms with van der Waals surface area (Å²) < 4.78 is 13.4. The van der Waals surface area contributed by atoms with Crippen LogP contribution in [0, 0.1) is 17.8 Å². The lowest BCUT2D eigenvalue weighted by Gasteiger charge is -2.42. The van der Waals surface area contributed by atoms with Gasteiger partial charge in [-0.2, -0.15) is 0 Å². The van der Waals surface area contributed by atoms with Crippen LogP contribution < -0.4 is 5.32 Å². The molecule has 254 valence electrons. The summed E-state index contributed by atoms with van der Waals surface area (Å²) in [4.78, 5) is 60.3. The number of ether oxygens (including phenoxy) is 2. The van der Waals surface area contributed by atoms with Crippen molar-refractivity contribution in [3.63, 3.8) is 0 Å². The van der Waals surface area contributed by atoms with Gasteiger partial charge in [-0.05, 0) is 43.2 Å². The molecule has 2 N–H and O–H groups in total. The van der Waals surface area contributed by atoms with Gasteiger partial charge >= 0.3 is 5.97 Å². The number of aliphatic hydroxyl groups is 1. The number of rotatable bonds is 6. The monoisotopic (exact) mass is 711 g/mol. The number of aliphatic hydroxyl groups excluding tert-OH is 1. The van der Waals surface area contributed by atoms with E-state index in [1.165, 1.54) is 0 Å². The van der Waals surface area contributed by atoms with Gasteiger partial charge in [0.05, 0.1) is 25.1 Å². The first-order valence-corrected chi connectivity index (χ1v) is 17.9. The number of carbonyl (C=O) groups is 4. The molecule has 1 aromatic carbocycles. The van der Waals surface area contributed by atoms with Crippen molar-refractivity contribution < 1.29 is 33.8 Å². The van der Waals surface area contributed by atoms with Crippen molar-refractivity contribution in [1.29, 1.82) is 0 Å². The number of likely N-dealkylation sites (tertiary alicyclic amines) is 1. The Kier molecular flexibility index (Phi) is 10.2. The molecule has 6 rings (SSSR count). The van der Waals surface area contributed by atoms with Crippen molar-refractivity contribution in [3.05, 3.63) is 58.6 Å². The molecule has 3 amide bonds. The van der Waals surface area contributed by atoms with E-state index in [2.05, 4.69) is 21.2 Å². The predicted octanol–water partition coefficient (Wildman–Crippen LogP) is 4.18. The molecule has 4 aliphatic heterocycles. The first kappa shape index (κ1) is 33.9. The molecule has 5 bridgehead atoms. The van der Waals surface area contributed by atoms with E-state index in [0.717, 1.165) is 32.1 Å². The minimum Gasteiger partial charge on any atom is -0.455 e. The van der Waals surface area contributed by atoms with Crippen molar-refractivity contribution in [3.8, 4) is 0 Å². The van der Waals surface area contributed by atoms with E-state index < -0.39 is 47.7 Å². The molecule has 7 atom stereocenters. The molecule has 1 aromatic rings. The van der Waals surface area contributed by atoms with Crippen LogP contribution in [-0.4, -0.2) is 88.1 Å². The van der Waals surface area contributed by atoms with E-state index in [1.807, 2.05) is 67.3 Å². The number of esters is 1. The van der Waals surface area contributed by atoms with Gasteiger partial charge in [0.2, 0.25) is 17.7 Å². The zero-order valence-electron chi connectivity index (χ0n) is 27.2. The third-order valence-electron chi connectivity index (χ3n) is 10.4. The van der Waals surface area contributed by atoms with Crippen LogP contribution in [0.4, 0.5) is 0 Å². The van der Waals surface area contributed by atoms with Crippen molar-refractivity contribution in [1.82, 2.24) is 15.1 Å². The Morgan fingerprint density at radius 3 is 2.49 bits per heavy atom. The molecule has 3 fully saturated rings. The van der Waals surface area contributed by atoms with Crippen LogP contribution in [-0.2, 0) is 28.7 Å². The van der Waals surface area contributed by atoms with Crippen LogP contribution in [0.15, 0.2) is 53.0 Å². The third kappa shape index (κ3) is 6.43. The lowest BCUT2D eigenvalue weighted by atomic mass is 9.74. The molecule has 2 saturated heterocycles. The summed E-state index contributed by atoms with van der Waals surface area (Å²) in [5.74, 6) is -3.32. The molecule has 47 heavy (non-hydrogen) atoms. The lowest BCUT2D eigenvalue weighted by Crippen LogP contribution is -2.60. The SMILES string of the molecule is CC(C)C[C@H](CO)N1C(=O)[C@@H]2[C@H]3C(=O)O[C@@H](c4ccccc4)CNC(=O)CC/C=C\CN(C4CCCCC4)C(=O)[C@@H]1[C@]21C=C(Br)[C@H]3O1. The molecule has 0 radical (unpaired) electrons. The molecule has 0 unspecified atom stereocenters. The molecule has 10 nitrogen and oxygen atoms in total. The number of nitrogens with one attached hydrogen (secondary N) is 1. The molecular weight excluding hydrogens is 666 g/mol. The number of hydrogen-bond acceptors (Lipinski definition) is 7. The van der Waals surface area contributed by atoms with Gasteiger partial charge in [0.15, 0.2) is 0 Å². The summed E-state index contributed by atoms with van der Waals surface area (Å²) in [6.07, 6.45) is 10.1.